The Bertz CT molecular complexity index is 1030. The monoisotopic (exact) mass is 437 g/mol. The second-order valence-electron chi connectivity index (χ2n) is 8.91. The fourth-order valence-electron chi connectivity index (χ4n) is 5.25. The van der Waals surface area contributed by atoms with Gasteiger partial charge in [-0.25, -0.2) is 0 Å². The second kappa shape index (κ2) is 7.93. The van der Waals surface area contributed by atoms with Crippen LogP contribution in [0, 0.1) is 5.41 Å². The van der Waals surface area contributed by atoms with Crippen molar-refractivity contribution in [3.05, 3.63) is 41.1 Å². The molecule has 2 aliphatic rings. The molecule has 9 heteroatoms. The van der Waals surface area contributed by atoms with Crippen LogP contribution in [0.15, 0.2) is 35.5 Å². The Labute approximate surface area is 177 Å². The van der Waals surface area contributed by atoms with Gasteiger partial charge in [0.05, 0.1) is 24.0 Å². The van der Waals surface area contributed by atoms with E-state index in [1.165, 1.54) is 15.7 Å². The van der Waals surface area contributed by atoms with Crippen LogP contribution >= 0.6 is 0 Å². The molecule has 1 atom stereocenters. The zero-order chi connectivity index (χ0) is 22.3. The molecule has 0 bridgehead atoms. The van der Waals surface area contributed by atoms with Crippen LogP contribution in [0.4, 0.5) is 13.2 Å². The minimum absolute atomic E-state index is 0.0846. The van der Waals surface area contributed by atoms with E-state index in [-0.39, 0.29) is 31.6 Å². The summed E-state index contributed by atoms with van der Waals surface area (Å²) < 4.78 is 39.1. The lowest BCUT2D eigenvalue weighted by atomic mass is 9.65. The van der Waals surface area contributed by atoms with Gasteiger partial charge in [0.1, 0.15) is 0 Å². The molecular formula is C22H26F3N3O3. The molecule has 168 valence electrons. The average Bonchev–Trinajstić information content (AvgIpc) is 3.20. The topological polar surface area (TPSA) is 75.4 Å². The fourth-order valence-corrected chi connectivity index (χ4v) is 5.25. The van der Waals surface area contributed by atoms with Crippen LogP contribution in [-0.4, -0.2) is 50.3 Å². The minimum Gasteiger partial charge on any atom is -0.387 e. The smallest absolute Gasteiger partial charge is 0.387 e. The number of carbonyl (C=O) groups excluding carboxylic acids is 1. The van der Waals surface area contributed by atoms with E-state index in [0.29, 0.717) is 18.2 Å². The first-order chi connectivity index (χ1) is 14.6. The Kier molecular flexibility index (Phi) is 5.57. The highest BCUT2D eigenvalue weighted by molar-refractivity contribution is 5.80. The molecule has 1 unspecified atom stereocenters. The number of carbonyl (C=O) groups is 1. The summed E-state index contributed by atoms with van der Waals surface area (Å²) in [5.74, 6) is -0.528. The van der Waals surface area contributed by atoms with Crippen molar-refractivity contribution in [2.45, 2.75) is 63.3 Å². The van der Waals surface area contributed by atoms with E-state index in [0.717, 1.165) is 18.2 Å². The summed E-state index contributed by atoms with van der Waals surface area (Å²) in [4.78, 5) is 30.9. The summed E-state index contributed by atoms with van der Waals surface area (Å²) in [6.07, 6.45) is 2.02. The molecule has 0 radical (unpaired) electrons. The first-order valence-electron chi connectivity index (χ1n) is 10.6. The molecule has 4 rings (SSSR count). The number of pyridine rings is 2. The molecule has 2 aromatic heterocycles. The Balaban J connectivity index is 1.58. The van der Waals surface area contributed by atoms with Gasteiger partial charge in [-0.15, -0.1) is 0 Å². The highest BCUT2D eigenvalue weighted by atomic mass is 19.4. The number of aromatic nitrogens is 2. The van der Waals surface area contributed by atoms with Crippen molar-refractivity contribution in [2.75, 3.05) is 13.1 Å². The molecule has 1 amide bonds. The molecule has 0 aromatic carbocycles. The summed E-state index contributed by atoms with van der Waals surface area (Å²) in [5.41, 5.74) is -2.08. The number of fused-ring (bicyclic) bond motifs is 1. The second-order valence-corrected chi connectivity index (χ2v) is 8.91. The van der Waals surface area contributed by atoms with Crippen LogP contribution in [-0.2, 0) is 11.3 Å². The molecule has 1 saturated heterocycles. The molecule has 6 nitrogen and oxygen atoms in total. The van der Waals surface area contributed by atoms with E-state index < -0.39 is 35.9 Å². The van der Waals surface area contributed by atoms with Crippen LogP contribution in [0.25, 0.3) is 10.8 Å². The van der Waals surface area contributed by atoms with Crippen molar-refractivity contribution in [3.8, 4) is 0 Å². The summed E-state index contributed by atoms with van der Waals surface area (Å²) >= 11 is 0. The lowest BCUT2D eigenvalue weighted by Gasteiger charge is -2.52. The number of rotatable bonds is 4. The number of likely N-dealkylation sites (tertiary alicyclic amines) is 1. The summed E-state index contributed by atoms with van der Waals surface area (Å²) in [5, 5.41) is 13.0. The Morgan fingerprint density at radius 2 is 1.94 bits per heavy atom. The summed E-state index contributed by atoms with van der Waals surface area (Å²) in [6, 6.07) is 3.55. The number of amides is 1. The van der Waals surface area contributed by atoms with Crippen molar-refractivity contribution in [1.82, 2.24) is 14.5 Å². The van der Waals surface area contributed by atoms with Gasteiger partial charge >= 0.3 is 6.18 Å². The number of piperidine rings is 1. The van der Waals surface area contributed by atoms with Gasteiger partial charge in [0.2, 0.25) is 5.91 Å². The minimum atomic E-state index is -4.37. The Morgan fingerprint density at radius 3 is 2.65 bits per heavy atom. The van der Waals surface area contributed by atoms with Crippen LogP contribution in [0.1, 0.15) is 44.9 Å². The van der Waals surface area contributed by atoms with Gasteiger partial charge < -0.3 is 14.6 Å². The highest BCUT2D eigenvalue weighted by Gasteiger charge is 2.55. The first kappa shape index (κ1) is 21.8. The van der Waals surface area contributed by atoms with Gasteiger partial charge in [0.15, 0.2) is 0 Å². The average molecular weight is 437 g/mol. The van der Waals surface area contributed by atoms with Crippen LogP contribution < -0.4 is 5.56 Å². The van der Waals surface area contributed by atoms with Gasteiger partial charge in [-0.05, 0) is 36.8 Å². The van der Waals surface area contributed by atoms with Crippen molar-refractivity contribution in [3.63, 3.8) is 0 Å². The van der Waals surface area contributed by atoms with E-state index in [9.17, 15) is 27.9 Å². The zero-order valence-corrected chi connectivity index (χ0v) is 17.2. The van der Waals surface area contributed by atoms with Gasteiger partial charge in [0, 0.05) is 43.5 Å². The maximum atomic E-state index is 12.9. The third-order valence-electron chi connectivity index (χ3n) is 7.02. The maximum absolute atomic E-state index is 12.9. The highest BCUT2D eigenvalue weighted by Crippen LogP contribution is 2.51. The number of alkyl halides is 3. The largest absolute Gasteiger partial charge is 0.389 e. The predicted octanol–water partition coefficient (Wildman–Crippen LogP) is 3.26. The number of halogens is 3. The first-order valence-corrected chi connectivity index (χ1v) is 10.6. The molecule has 1 spiro atoms. The Morgan fingerprint density at radius 1 is 1.19 bits per heavy atom. The van der Waals surface area contributed by atoms with Crippen LogP contribution in [0.5, 0.6) is 0 Å². The maximum Gasteiger partial charge on any atom is 0.389 e. The van der Waals surface area contributed by atoms with E-state index in [1.807, 2.05) is 0 Å². The number of nitrogens with zero attached hydrogens (tertiary/aromatic N) is 3. The quantitative estimate of drug-likeness (QED) is 0.797. The number of hydrogen-bond donors (Lipinski definition) is 1. The molecule has 31 heavy (non-hydrogen) atoms. The van der Waals surface area contributed by atoms with Crippen LogP contribution in [0.3, 0.4) is 0 Å². The summed E-state index contributed by atoms with van der Waals surface area (Å²) in [6.45, 7) is 0.490. The molecule has 3 heterocycles. The number of hydrogen-bond acceptors (Lipinski definition) is 4. The van der Waals surface area contributed by atoms with Crippen LogP contribution in [0.2, 0.25) is 0 Å². The van der Waals surface area contributed by atoms with Gasteiger partial charge in [-0.3, -0.25) is 14.6 Å². The molecule has 1 saturated carbocycles. The van der Waals surface area contributed by atoms with Gasteiger partial charge in [-0.1, -0.05) is 12.8 Å². The lowest BCUT2D eigenvalue weighted by Crippen LogP contribution is -2.62. The van der Waals surface area contributed by atoms with E-state index in [1.54, 1.807) is 24.5 Å². The SMILES string of the molecule is O=C(CCC(F)(F)F)N1CCC(O)(Cn2ccc3ccncc3c2=O)C2(CCCC2)C1. The molecule has 1 aliphatic carbocycles. The predicted molar refractivity (Wildman–Crippen MR) is 108 cm³/mol. The molecule has 2 fully saturated rings. The molecule has 1 N–H and O–H groups in total. The number of aliphatic hydroxyl groups is 1. The van der Waals surface area contributed by atoms with Crippen molar-refractivity contribution in [1.29, 1.82) is 0 Å². The van der Waals surface area contributed by atoms with Crippen molar-refractivity contribution >= 4 is 16.7 Å². The van der Waals surface area contributed by atoms with E-state index >= 15 is 0 Å². The molecular weight excluding hydrogens is 411 g/mol. The Hall–Kier alpha value is -2.42. The zero-order valence-electron chi connectivity index (χ0n) is 17.2. The third-order valence-corrected chi connectivity index (χ3v) is 7.02. The normalized spacial score (nSPS) is 23.5. The molecule has 1 aliphatic heterocycles. The lowest BCUT2D eigenvalue weighted by molar-refractivity contribution is -0.166. The fraction of sp³-hybridized carbons (Fsp3) is 0.591. The standard InChI is InChI=1S/C22H26F3N3O3/c23-22(24,25)8-3-18(29)27-12-9-21(31,20(14-27)6-1-2-7-20)15-28-11-5-16-4-10-26-13-17(16)19(28)30/h4-5,10-11,13,31H,1-3,6-9,12,14-15H2. The van der Waals surface area contributed by atoms with Gasteiger partial charge in [-0.2, -0.15) is 13.2 Å². The van der Waals surface area contributed by atoms with Gasteiger partial charge in [0.25, 0.3) is 5.56 Å². The third kappa shape index (κ3) is 4.20. The van der Waals surface area contributed by atoms with E-state index in [2.05, 4.69) is 4.98 Å². The molecule has 2 aromatic rings. The van der Waals surface area contributed by atoms with Crippen molar-refractivity contribution in [2.24, 2.45) is 5.41 Å². The summed E-state index contributed by atoms with van der Waals surface area (Å²) in [7, 11) is 0. The van der Waals surface area contributed by atoms with E-state index in [4.69, 9.17) is 0 Å². The van der Waals surface area contributed by atoms with Crippen molar-refractivity contribution < 1.29 is 23.1 Å².